The van der Waals surface area contributed by atoms with Crippen molar-refractivity contribution in [2.45, 2.75) is 33.4 Å². The fourth-order valence-corrected chi connectivity index (χ4v) is 2.34. The summed E-state index contributed by atoms with van der Waals surface area (Å²) in [6.45, 7) is 6.99. The fraction of sp³-hybridized carbons (Fsp3) is 0.312. The van der Waals surface area contributed by atoms with Gasteiger partial charge in [-0.2, -0.15) is 0 Å². The van der Waals surface area contributed by atoms with Crippen LogP contribution in [0.15, 0.2) is 30.3 Å². The molecule has 1 aromatic carbocycles. The lowest BCUT2D eigenvalue weighted by Gasteiger charge is -2.12. The maximum atomic E-state index is 5.95. The number of halogens is 2. The van der Waals surface area contributed by atoms with Crippen LogP contribution in [0.3, 0.4) is 0 Å². The number of ether oxygens (including phenoxy) is 1. The zero-order chi connectivity index (χ0) is 15.4. The lowest BCUT2D eigenvalue weighted by Crippen LogP contribution is -2.22. The SMILES string of the molecule is Cc1nc(Oc2cc(Cl)cc(Cl)c2)ccc1CNC(C)C. The van der Waals surface area contributed by atoms with Gasteiger partial charge in [0.15, 0.2) is 0 Å². The van der Waals surface area contributed by atoms with Crippen LogP contribution in [0.5, 0.6) is 11.6 Å². The Bertz CT molecular complexity index is 609. The van der Waals surface area contributed by atoms with Gasteiger partial charge in [-0.15, -0.1) is 0 Å². The molecule has 0 spiro atoms. The van der Waals surface area contributed by atoms with E-state index in [2.05, 4.69) is 24.1 Å². The number of aryl methyl sites for hydroxylation is 1. The van der Waals surface area contributed by atoms with Crippen molar-refractivity contribution in [2.24, 2.45) is 0 Å². The quantitative estimate of drug-likeness (QED) is 0.841. The lowest BCUT2D eigenvalue weighted by molar-refractivity contribution is 0.460. The largest absolute Gasteiger partial charge is 0.439 e. The monoisotopic (exact) mass is 324 g/mol. The van der Waals surface area contributed by atoms with E-state index in [9.17, 15) is 0 Å². The second-order valence-electron chi connectivity index (χ2n) is 5.14. The van der Waals surface area contributed by atoms with Crippen molar-refractivity contribution in [3.8, 4) is 11.6 Å². The smallest absolute Gasteiger partial charge is 0.219 e. The molecule has 112 valence electrons. The second-order valence-corrected chi connectivity index (χ2v) is 6.01. The van der Waals surface area contributed by atoms with Gasteiger partial charge >= 0.3 is 0 Å². The summed E-state index contributed by atoms with van der Waals surface area (Å²) in [5.74, 6) is 1.10. The molecule has 5 heteroatoms. The number of benzene rings is 1. The molecular formula is C16H18Cl2N2O. The van der Waals surface area contributed by atoms with Crippen LogP contribution < -0.4 is 10.1 Å². The number of nitrogens with one attached hydrogen (secondary N) is 1. The van der Waals surface area contributed by atoms with Gasteiger partial charge < -0.3 is 10.1 Å². The van der Waals surface area contributed by atoms with Crippen LogP contribution in [0.2, 0.25) is 10.0 Å². The molecule has 0 radical (unpaired) electrons. The zero-order valence-corrected chi connectivity index (χ0v) is 13.8. The lowest BCUT2D eigenvalue weighted by atomic mass is 10.2. The van der Waals surface area contributed by atoms with Gasteiger partial charge in [-0.25, -0.2) is 4.98 Å². The first-order valence-electron chi connectivity index (χ1n) is 6.78. The number of rotatable bonds is 5. The summed E-state index contributed by atoms with van der Waals surface area (Å²) in [5, 5.41) is 4.44. The van der Waals surface area contributed by atoms with E-state index in [4.69, 9.17) is 27.9 Å². The molecular weight excluding hydrogens is 307 g/mol. The summed E-state index contributed by atoms with van der Waals surface area (Å²) in [5.41, 5.74) is 2.09. The van der Waals surface area contributed by atoms with Crippen LogP contribution in [0, 0.1) is 6.92 Å². The average molecular weight is 325 g/mol. The van der Waals surface area contributed by atoms with E-state index >= 15 is 0 Å². The highest BCUT2D eigenvalue weighted by molar-refractivity contribution is 6.34. The van der Waals surface area contributed by atoms with Gasteiger partial charge in [0.2, 0.25) is 5.88 Å². The van der Waals surface area contributed by atoms with Crippen LogP contribution in [-0.4, -0.2) is 11.0 Å². The molecule has 1 aromatic heterocycles. The maximum absolute atomic E-state index is 5.95. The molecule has 0 fully saturated rings. The van der Waals surface area contributed by atoms with Crippen LogP contribution in [0.4, 0.5) is 0 Å². The molecule has 2 aromatic rings. The molecule has 0 atom stereocenters. The number of pyridine rings is 1. The molecule has 0 aliphatic carbocycles. The van der Waals surface area contributed by atoms with Crippen molar-refractivity contribution < 1.29 is 4.74 Å². The highest BCUT2D eigenvalue weighted by Crippen LogP contribution is 2.27. The van der Waals surface area contributed by atoms with Gasteiger partial charge in [-0.3, -0.25) is 0 Å². The molecule has 0 unspecified atom stereocenters. The van der Waals surface area contributed by atoms with Crippen molar-refractivity contribution in [1.29, 1.82) is 0 Å². The van der Waals surface area contributed by atoms with Crippen molar-refractivity contribution >= 4 is 23.2 Å². The molecule has 0 amide bonds. The van der Waals surface area contributed by atoms with Gasteiger partial charge in [-0.05, 0) is 30.7 Å². The van der Waals surface area contributed by atoms with Crippen LogP contribution in [0.1, 0.15) is 25.1 Å². The summed E-state index contributed by atoms with van der Waals surface area (Å²) < 4.78 is 5.70. The molecule has 0 bridgehead atoms. The number of hydrogen-bond acceptors (Lipinski definition) is 3. The van der Waals surface area contributed by atoms with E-state index in [1.807, 2.05) is 19.1 Å². The van der Waals surface area contributed by atoms with Gasteiger partial charge in [0, 0.05) is 34.4 Å². The Kier molecular flexibility index (Phi) is 5.45. The number of nitrogens with zero attached hydrogens (tertiary/aromatic N) is 1. The van der Waals surface area contributed by atoms with E-state index in [1.54, 1.807) is 18.2 Å². The summed E-state index contributed by atoms with van der Waals surface area (Å²) in [6.07, 6.45) is 0. The maximum Gasteiger partial charge on any atom is 0.219 e. The minimum absolute atomic E-state index is 0.439. The standard InChI is InChI=1S/C16H18Cl2N2O/c1-10(2)19-9-12-4-5-16(20-11(12)3)21-15-7-13(17)6-14(18)8-15/h4-8,10,19H,9H2,1-3H3. The molecule has 1 N–H and O–H groups in total. The molecule has 21 heavy (non-hydrogen) atoms. The summed E-state index contributed by atoms with van der Waals surface area (Å²) in [7, 11) is 0. The Hall–Kier alpha value is -1.29. The van der Waals surface area contributed by atoms with Crippen LogP contribution in [-0.2, 0) is 6.54 Å². The normalized spacial score (nSPS) is 11.0. The van der Waals surface area contributed by atoms with E-state index in [0.717, 1.165) is 17.8 Å². The van der Waals surface area contributed by atoms with E-state index in [1.165, 1.54) is 0 Å². The average Bonchev–Trinajstić information content (AvgIpc) is 2.36. The van der Waals surface area contributed by atoms with Crippen molar-refractivity contribution in [3.63, 3.8) is 0 Å². The first-order valence-corrected chi connectivity index (χ1v) is 7.53. The molecule has 1 heterocycles. The topological polar surface area (TPSA) is 34.1 Å². The first kappa shape index (κ1) is 16.1. The molecule has 0 saturated heterocycles. The predicted octanol–water partition coefficient (Wildman–Crippen LogP) is 4.99. The summed E-state index contributed by atoms with van der Waals surface area (Å²) >= 11 is 11.9. The first-order chi connectivity index (χ1) is 9.94. The van der Waals surface area contributed by atoms with Gasteiger partial charge in [0.05, 0.1) is 0 Å². The van der Waals surface area contributed by atoms with Crippen LogP contribution in [0.25, 0.3) is 0 Å². The Morgan fingerprint density at radius 1 is 1.14 bits per heavy atom. The fourth-order valence-electron chi connectivity index (χ4n) is 1.83. The Balaban J connectivity index is 2.12. The predicted molar refractivity (Wildman–Crippen MR) is 87.5 cm³/mol. The molecule has 0 aliphatic heterocycles. The number of aromatic nitrogens is 1. The Morgan fingerprint density at radius 2 is 1.81 bits per heavy atom. The minimum atomic E-state index is 0.439. The highest BCUT2D eigenvalue weighted by Gasteiger charge is 2.06. The van der Waals surface area contributed by atoms with E-state index in [-0.39, 0.29) is 0 Å². The van der Waals surface area contributed by atoms with E-state index in [0.29, 0.717) is 27.7 Å². The van der Waals surface area contributed by atoms with Crippen molar-refractivity contribution in [2.75, 3.05) is 0 Å². The third-order valence-corrected chi connectivity index (χ3v) is 3.37. The zero-order valence-electron chi connectivity index (χ0n) is 12.3. The second kappa shape index (κ2) is 7.12. The number of hydrogen-bond donors (Lipinski definition) is 1. The summed E-state index contributed by atoms with van der Waals surface area (Å²) in [6, 6.07) is 9.37. The summed E-state index contributed by atoms with van der Waals surface area (Å²) in [4.78, 5) is 4.46. The van der Waals surface area contributed by atoms with Crippen LogP contribution >= 0.6 is 23.2 Å². The van der Waals surface area contributed by atoms with Crippen molar-refractivity contribution in [3.05, 3.63) is 51.6 Å². The highest BCUT2D eigenvalue weighted by atomic mass is 35.5. The Labute approximate surface area is 135 Å². The molecule has 3 nitrogen and oxygen atoms in total. The molecule has 0 aliphatic rings. The molecule has 0 saturated carbocycles. The molecule has 2 rings (SSSR count). The van der Waals surface area contributed by atoms with Crippen molar-refractivity contribution in [1.82, 2.24) is 10.3 Å². The Morgan fingerprint density at radius 3 is 2.38 bits per heavy atom. The van der Waals surface area contributed by atoms with Gasteiger partial charge in [0.25, 0.3) is 0 Å². The third kappa shape index (κ3) is 4.88. The third-order valence-electron chi connectivity index (χ3n) is 2.93. The van der Waals surface area contributed by atoms with E-state index < -0.39 is 0 Å². The minimum Gasteiger partial charge on any atom is -0.439 e. The van der Waals surface area contributed by atoms with Gasteiger partial charge in [0.1, 0.15) is 5.75 Å². The van der Waals surface area contributed by atoms with Gasteiger partial charge in [-0.1, -0.05) is 43.1 Å².